The van der Waals surface area contributed by atoms with E-state index in [0.717, 1.165) is 31.3 Å². The second kappa shape index (κ2) is 8.86. The van der Waals surface area contributed by atoms with Crippen LogP contribution in [-0.4, -0.2) is 21.9 Å². The average Bonchev–Trinajstić information content (AvgIpc) is 3.03. The summed E-state index contributed by atoms with van der Waals surface area (Å²) in [6.07, 6.45) is 0. The second-order valence-corrected chi connectivity index (χ2v) is 9.23. The highest BCUT2D eigenvalue weighted by molar-refractivity contribution is 9.10. The Labute approximate surface area is 175 Å². The number of aromatic nitrogens is 2. The van der Waals surface area contributed by atoms with Crippen LogP contribution < -0.4 is 10.6 Å². The van der Waals surface area contributed by atoms with Crippen LogP contribution in [0, 0.1) is 20.8 Å². The molecule has 8 heteroatoms. The van der Waals surface area contributed by atoms with Gasteiger partial charge in [0.2, 0.25) is 11.0 Å². The molecule has 0 saturated carbocycles. The number of carbonyl (C=O) groups is 1. The number of anilines is 3. The minimum atomic E-state index is -0.0493. The van der Waals surface area contributed by atoms with Crippen molar-refractivity contribution in [3.63, 3.8) is 0 Å². The van der Waals surface area contributed by atoms with Crippen molar-refractivity contribution in [2.75, 3.05) is 16.4 Å². The molecule has 140 valence electrons. The van der Waals surface area contributed by atoms with E-state index in [9.17, 15) is 4.79 Å². The monoisotopic (exact) mass is 462 g/mol. The molecule has 1 amide bonds. The van der Waals surface area contributed by atoms with Crippen molar-refractivity contribution in [1.82, 2.24) is 10.2 Å². The molecule has 0 unspecified atom stereocenters. The van der Waals surface area contributed by atoms with Crippen molar-refractivity contribution in [1.29, 1.82) is 0 Å². The van der Waals surface area contributed by atoms with Gasteiger partial charge in [0.05, 0.1) is 5.75 Å². The van der Waals surface area contributed by atoms with Crippen molar-refractivity contribution >= 4 is 61.4 Å². The lowest BCUT2D eigenvalue weighted by Gasteiger charge is -2.12. The van der Waals surface area contributed by atoms with E-state index in [4.69, 9.17) is 0 Å². The third-order valence-corrected chi connectivity index (χ3v) is 6.22. The van der Waals surface area contributed by atoms with Crippen LogP contribution in [0.3, 0.4) is 0 Å². The number of nitrogens with one attached hydrogen (secondary N) is 2. The molecule has 0 aliphatic heterocycles. The maximum atomic E-state index is 12.3. The van der Waals surface area contributed by atoms with Crippen LogP contribution in [0.2, 0.25) is 0 Å². The van der Waals surface area contributed by atoms with Crippen LogP contribution >= 0.6 is 39.0 Å². The molecule has 0 bridgehead atoms. The Hall–Kier alpha value is -1.90. The first-order valence-electron chi connectivity index (χ1n) is 8.27. The fraction of sp³-hybridized carbons (Fsp3) is 0.211. The molecule has 1 heterocycles. The van der Waals surface area contributed by atoms with Crippen LogP contribution in [0.4, 0.5) is 16.5 Å². The summed E-state index contributed by atoms with van der Waals surface area (Å²) in [6.45, 7) is 6.07. The Bertz CT molecular complexity index is 951. The number of nitrogens with zero attached hydrogens (tertiary/aromatic N) is 2. The number of rotatable bonds is 6. The van der Waals surface area contributed by atoms with Crippen molar-refractivity contribution in [3.8, 4) is 0 Å². The van der Waals surface area contributed by atoms with Crippen LogP contribution in [0.5, 0.6) is 0 Å². The largest absolute Gasteiger partial charge is 0.330 e. The summed E-state index contributed by atoms with van der Waals surface area (Å²) in [5, 5.41) is 15.2. The van der Waals surface area contributed by atoms with E-state index in [-0.39, 0.29) is 11.7 Å². The number of thioether (sulfide) groups is 1. The van der Waals surface area contributed by atoms with Crippen molar-refractivity contribution in [3.05, 3.63) is 57.6 Å². The zero-order valence-electron chi connectivity index (χ0n) is 15.2. The molecule has 0 aliphatic carbocycles. The predicted octanol–water partition coefficient (Wildman–Crippen LogP) is 5.70. The predicted molar refractivity (Wildman–Crippen MR) is 117 cm³/mol. The summed E-state index contributed by atoms with van der Waals surface area (Å²) >= 11 is 6.25. The summed E-state index contributed by atoms with van der Waals surface area (Å²) < 4.78 is 1.74. The first-order chi connectivity index (χ1) is 12.9. The topological polar surface area (TPSA) is 66.9 Å². The first-order valence-corrected chi connectivity index (χ1v) is 10.9. The zero-order valence-corrected chi connectivity index (χ0v) is 18.4. The van der Waals surface area contributed by atoms with Gasteiger partial charge in [0.1, 0.15) is 0 Å². The Morgan fingerprint density at radius 1 is 1.15 bits per heavy atom. The van der Waals surface area contributed by atoms with Gasteiger partial charge in [-0.1, -0.05) is 62.8 Å². The lowest BCUT2D eigenvalue weighted by molar-refractivity contribution is -0.113. The highest BCUT2D eigenvalue weighted by Crippen LogP contribution is 2.29. The van der Waals surface area contributed by atoms with Gasteiger partial charge in [0.15, 0.2) is 4.34 Å². The zero-order chi connectivity index (χ0) is 19.4. The van der Waals surface area contributed by atoms with E-state index >= 15 is 0 Å². The van der Waals surface area contributed by atoms with Gasteiger partial charge in [0, 0.05) is 15.8 Å². The molecular formula is C19H19BrN4OS2. The Kier molecular flexibility index (Phi) is 6.51. The van der Waals surface area contributed by atoms with Gasteiger partial charge in [0.25, 0.3) is 0 Å². The van der Waals surface area contributed by atoms with Crippen LogP contribution in [0.15, 0.2) is 45.2 Å². The molecule has 0 fully saturated rings. The quantitative estimate of drug-likeness (QED) is 0.459. The number of amides is 1. The van der Waals surface area contributed by atoms with Gasteiger partial charge in [-0.2, -0.15) is 0 Å². The number of carbonyl (C=O) groups excluding carboxylic acids is 1. The molecule has 1 aromatic heterocycles. The van der Waals surface area contributed by atoms with E-state index in [2.05, 4.69) is 55.8 Å². The van der Waals surface area contributed by atoms with Gasteiger partial charge in [-0.05, 0) is 50.1 Å². The lowest BCUT2D eigenvalue weighted by Crippen LogP contribution is -2.15. The van der Waals surface area contributed by atoms with Gasteiger partial charge < -0.3 is 10.6 Å². The van der Waals surface area contributed by atoms with Crippen molar-refractivity contribution in [2.24, 2.45) is 0 Å². The number of aryl methyl sites for hydroxylation is 3. The molecule has 0 aliphatic rings. The second-order valence-electron chi connectivity index (χ2n) is 6.12. The smallest absolute Gasteiger partial charge is 0.234 e. The van der Waals surface area contributed by atoms with Crippen LogP contribution in [0.25, 0.3) is 0 Å². The SMILES string of the molecule is Cc1cc(C)c(NC(=O)CSc2nnc(Nc3cccc(Br)c3)s2)c(C)c1. The summed E-state index contributed by atoms with van der Waals surface area (Å²) in [6, 6.07) is 12.0. The van der Waals surface area contributed by atoms with E-state index < -0.39 is 0 Å². The molecule has 0 spiro atoms. The molecule has 0 saturated heterocycles. The summed E-state index contributed by atoms with van der Waals surface area (Å²) in [4.78, 5) is 12.3. The third-order valence-electron chi connectivity index (χ3n) is 3.75. The molecular weight excluding hydrogens is 444 g/mol. The minimum absolute atomic E-state index is 0.0493. The normalized spacial score (nSPS) is 10.7. The Morgan fingerprint density at radius 3 is 2.59 bits per heavy atom. The van der Waals surface area contributed by atoms with E-state index in [1.165, 1.54) is 28.7 Å². The molecule has 2 aromatic carbocycles. The Balaban J connectivity index is 1.56. The fourth-order valence-electron chi connectivity index (χ4n) is 2.69. The molecule has 2 N–H and O–H groups in total. The molecule has 0 atom stereocenters. The van der Waals surface area contributed by atoms with E-state index in [1.807, 2.05) is 38.1 Å². The molecule has 3 aromatic rings. The number of benzene rings is 2. The van der Waals surface area contributed by atoms with Crippen molar-refractivity contribution in [2.45, 2.75) is 25.1 Å². The Morgan fingerprint density at radius 2 is 1.89 bits per heavy atom. The van der Waals surface area contributed by atoms with Gasteiger partial charge >= 0.3 is 0 Å². The summed E-state index contributed by atoms with van der Waals surface area (Å²) in [5.41, 5.74) is 5.15. The first kappa shape index (κ1) is 19.9. The summed E-state index contributed by atoms with van der Waals surface area (Å²) in [5.74, 6) is 0.241. The molecule has 27 heavy (non-hydrogen) atoms. The fourth-order valence-corrected chi connectivity index (χ4v) is 4.66. The molecule has 5 nitrogen and oxygen atoms in total. The van der Waals surface area contributed by atoms with Crippen molar-refractivity contribution < 1.29 is 4.79 Å². The number of halogens is 1. The highest BCUT2D eigenvalue weighted by atomic mass is 79.9. The van der Waals surface area contributed by atoms with Gasteiger partial charge in [-0.25, -0.2) is 0 Å². The maximum Gasteiger partial charge on any atom is 0.234 e. The third kappa shape index (κ3) is 5.54. The minimum Gasteiger partial charge on any atom is -0.330 e. The van der Waals surface area contributed by atoms with E-state index in [1.54, 1.807) is 0 Å². The lowest BCUT2D eigenvalue weighted by atomic mass is 10.1. The average molecular weight is 463 g/mol. The molecule has 0 radical (unpaired) electrons. The number of hydrogen-bond donors (Lipinski definition) is 2. The molecule has 3 rings (SSSR count). The van der Waals surface area contributed by atoms with Gasteiger partial charge in [-0.15, -0.1) is 10.2 Å². The summed E-state index contributed by atoms with van der Waals surface area (Å²) in [7, 11) is 0. The highest BCUT2D eigenvalue weighted by Gasteiger charge is 2.11. The van der Waals surface area contributed by atoms with Gasteiger partial charge in [-0.3, -0.25) is 4.79 Å². The van der Waals surface area contributed by atoms with E-state index in [0.29, 0.717) is 5.13 Å². The van der Waals surface area contributed by atoms with Crippen LogP contribution in [0.1, 0.15) is 16.7 Å². The maximum absolute atomic E-state index is 12.3. The standard InChI is InChI=1S/C19H19BrN4OS2/c1-11-7-12(2)17(13(3)8-11)22-16(25)10-26-19-24-23-18(27-19)21-15-6-4-5-14(20)9-15/h4-9H,10H2,1-3H3,(H,21,23)(H,22,25). The number of hydrogen-bond acceptors (Lipinski definition) is 6. The van der Waals surface area contributed by atoms with Crippen LogP contribution in [-0.2, 0) is 4.79 Å².